The molecule has 0 unspecified atom stereocenters. The zero-order chi connectivity index (χ0) is 16.3. The number of thiocarbonyl (C=S) groups is 4. The van der Waals surface area contributed by atoms with Gasteiger partial charge < -0.3 is 122 Å². The molecular weight excluding hydrogens is 495 g/mol. The maximum Gasteiger partial charge on any atom is 2.00 e. The molecule has 0 fully saturated rings. The summed E-state index contributed by atoms with van der Waals surface area (Å²) in [5.74, 6) is 0. The van der Waals surface area contributed by atoms with Crippen LogP contribution in [0.2, 0.25) is 0 Å². The van der Waals surface area contributed by atoms with Crippen molar-refractivity contribution in [3.8, 4) is 0 Å². The van der Waals surface area contributed by atoms with Crippen LogP contribution in [-0.4, -0.2) is 17.3 Å². The Labute approximate surface area is 185 Å². The topological polar surface area (TPSA) is 104 Å². The predicted molar refractivity (Wildman–Crippen MR) is 108 cm³/mol. The van der Waals surface area contributed by atoms with Crippen molar-refractivity contribution in [2.24, 2.45) is 22.9 Å². The summed E-state index contributed by atoms with van der Waals surface area (Å²) in [5.41, 5.74) is 18.6. The summed E-state index contributed by atoms with van der Waals surface area (Å²) >= 11 is 33.0. The summed E-state index contributed by atoms with van der Waals surface area (Å²) in [7, 11) is 0. The minimum absolute atomic E-state index is 0. The van der Waals surface area contributed by atoms with Gasteiger partial charge in [-0.2, -0.15) is 0 Å². The molecule has 4 nitrogen and oxygen atoms in total. The molecule has 0 rings (SSSR count). The monoisotopic (exact) mass is 506 g/mol. The molecular formula is C6H12Mn2N4S8. The summed E-state index contributed by atoms with van der Waals surface area (Å²) in [6.07, 6.45) is 0. The summed E-state index contributed by atoms with van der Waals surface area (Å²) in [6.45, 7) is 6.00. The minimum atomic E-state index is 0. The number of hydrogen-bond acceptors (Lipinski definition) is 8. The fourth-order valence-corrected chi connectivity index (χ4v) is 0. The van der Waals surface area contributed by atoms with Crippen LogP contribution in [0.15, 0.2) is 13.2 Å². The molecule has 0 aromatic rings. The Morgan fingerprint density at radius 2 is 0.550 bits per heavy atom. The van der Waals surface area contributed by atoms with Crippen LogP contribution in [0.1, 0.15) is 0 Å². The first-order chi connectivity index (χ1) is 7.93. The standard InChI is InChI=1S/C2H4.4CH3NS2.2Mn/c1-2;4*2-1(3)4;;/h1-2H2;4*(H3,2,3,4);;/q;;;;;2*+2/p-4. The molecule has 2 radical (unpaired) electrons. The van der Waals surface area contributed by atoms with Gasteiger partial charge in [-0.25, -0.2) is 0 Å². The first-order valence-electron chi connectivity index (χ1n) is 3.29. The SMILES string of the molecule is C=C.NC(=S)[S-].NC(=S)[S-].NC(=S)[S-].NC(=S)[S-].[Mn+2].[Mn+2]. The average molecular weight is 507 g/mol. The van der Waals surface area contributed by atoms with Gasteiger partial charge in [0.25, 0.3) is 0 Å². The van der Waals surface area contributed by atoms with E-state index >= 15 is 0 Å². The second-order valence-corrected chi connectivity index (χ2v) is 5.83. The summed E-state index contributed by atoms with van der Waals surface area (Å²) < 4.78 is 0.333. The number of nitrogens with two attached hydrogens (primary N) is 4. The van der Waals surface area contributed by atoms with Crippen molar-refractivity contribution in [2.75, 3.05) is 0 Å². The average Bonchev–Trinajstić information content (AvgIpc) is 2.01. The second kappa shape index (κ2) is 42.7. The van der Waals surface area contributed by atoms with Crippen LogP contribution in [0.3, 0.4) is 0 Å². The zero-order valence-corrected chi connectivity index (χ0v) is 18.6. The maximum atomic E-state index is 4.66. The molecule has 0 amide bonds. The first-order valence-corrected chi connectivity index (χ1v) is 6.55. The van der Waals surface area contributed by atoms with E-state index in [1.54, 1.807) is 0 Å². The van der Waals surface area contributed by atoms with Crippen molar-refractivity contribution in [1.82, 2.24) is 0 Å². The van der Waals surface area contributed by atoms with Gasteiger partial charge in [0.1, 0.15) is 0 Å². The van der Waals surface area contributed by atoms with Crippen molar-refractivity contribution < 1.29 is 34.1 Å². The van der Waals surface area contributed by atoms with Gasteiger partial charge in [-0.3, -0.25) is 0 Å². The Hall–Kier alpha value is 1.22. The molecule has 0 aromatic carbocycles. The van der Waals surface area contributed by atoms with E-state index in [-0.39, 0.29) is 51.4 Å². The van der Waals surface area contributed by atoms with Gasteiger partial charge in [-0.15, -0.1) is 13.2 Å². The largest absolute Gasteiger partial charge is 2.00 e. The summed E-state index contributed by atoms with van der Waals surface area (Å²) in [6, 6.07) is 0. The molecule has 0 bridgehead atoms. The van der Waals surface area contributed by atoms with Crippen molar-refractivity contribution in [2.45, 2.75) is 0 Å². The van der Waals surface area contributed by atoms with Crippen molar-refractivity contribution in [3.63, 3.8) is 0 Å². The zero-order valence-electron chi connectivity index (χ0n) is 9.75. The van der Waals surface area contributed by atoms with Gasteiger partial charge in [-0.1, -0.05) is 17.3 Å². The van der Waals surface area contributed by atoms with Crippen LogP contribution < -0.4 is 22.9 Å². The normalized spacial score (nSPS) is 5.00. The number of rotatable bonds is 0. The quantitative estimate of drug-likeness (QED) is 0.153. The van der Waals surface area contributed by atoms with Gasteiger partial charge in [0.15, 0.2) is 0 Å². The molecule has 0 heterocycles. The molecule has 0 aromatic heterocycles. The molecule has 0 saturated carbocycles. The number of hydrogen-bond donors (Lipinski definition) is 4. The van der Waals surface area contributed by atoms with Crippen LogP contribution in [0.25, 0.3) is 0 Å². The predicted octanol–water partition coefficient (Wildman–Crippen LogP) is -0.0952. The Morgan fingerprint density at radius 1 is 0.550 bits per heavy atom. The fourth-order valence-electron chi connectivity index (χ4n) is 0. The van der Waals surface area contributed by atoms with Crippen molar-refractivity contribution in [3.05, 3.63) is 13.2 Å². The molecule has 0 atom stereocenters. The van der Waals surface area contributed by atoms with Crippen molar-refractivity contribution >= 4 is 117 Å². The Balaban J connectivity index is -0.0000000209. The van der Waals surface area contributed by atoms with E-state index < -0.39 is 0 Å². The molecule has 0 spiro atoms. The van der Waals surface area contributed by atoms with Crippen molar-refractivity contribution in [1.29, 1.82) is 0 Å². The van der Waals surface area contributed by atoms with E-state index in [0.717, 1.165) is 0 Å². The van der Waals surface area contributed by atoms with Crippen LogP contribution in [0.5, 0.6) is 0 Å². The Morgan fingerprint density at radius 3 is 0.550 bits per heavy atom. The molecule has 20 heavy (non-hydrogen) atoms. The second-order valence-electron chi connectivity index (χ2n) is 1.28. The van der Waals surface area contributed by atoms with Crippen LogP contribution >= 0.6 is 48.9 Å². The van der Waals surface area contributed by atoms with Gasteiger partial charge in [-0.05, 0) is 0 Å². The van der Waals surface area contributed by atoms with E-state index in [1.807, 2.05) is 0 Å². The molecule has 0 saturated heterocycles. The van der Waals surface area contributed by atoms with E-state index in [2.05, 4.69) is 135 Å². The minimum Gasteiger partial charge on any atom is -0.415 e. The van der Waals surface area contributed by atoms with Crippen LogP contribution in [-0.2, 0) is 84.7 Å². The molecule has 14 heteroatoms. The molecule has 0 aliphatic carbocycles. The summed E-state index contributed by atoms with van der Waals surface area (Å²) in [5, 5.41) is 0. The van der Waals surface area contributed by atoms with Gasteiger partial charge in [0.2, 0.25) is 0 Å². The Bertz CT molecular complexity index is 189. The van der Waals surface area contributed by atoms with Gasteiger partial charge in [0.05, 0.1) is 0 Å². The van der Waals surface area contributed by atoms with E-state index in [4.69, 9.17) is 0 Å². The van der Waals surface area contributed by atoms with E-state index in [1.165, 1.54) is 0 Å². The molecule has 8 N–H and O–H groups in total. The third-order valence-corrected chi connectivity index (χ3v) is 0. The third kappa shape index (κ3) is 4290. The summed E-state index contributed by atoms with van der Waals surface area (Å²) in [4.78, 5) is 0. The molecule has 118 valence electrons. The Kier molecular flexibility index (Phi) is 91.7. The smallest absolute Gasteiger partial charge is 0.415 e. The first kappa shape index (κ1) is 42.9. The van der Waals surface area contributed by atoms with Gasteiger partial charge >= 0.3 is 34.1 Å². The molecule has 0 aliphatic heterocycles. The maximum absolute atomic E-state index is 4.66. The van der Waals surface area contributed by atoms with Crippen LogP contribution in [0, 0.1) is 0 Å². The van der Waals surface area contributed by atoms with Crippen LogP contribution in [0.4, 0.5) is 0 Å². The van der Waals surface area contributed by atoms with E-state index in [9.17, 15) is 0 Å². The third-order valence-electron chi connectivity index (χ3n) is 0. The fraction of sp³-hybridized carbons (Fsp3) is 0. The molecule has 0 aliphatic rings. The van der Waals surface area contributed by atoms with Gasteiger partial charge in [0, 0.05) is 0 Å². The van der Waals surface area contributed by atoms with E-state index in [0.29, 0.717) is 0 Å².